The van der Waals surface area contributed by atoms with E-state index in [4.69, 9.17) is 4.84 Å². The number of hydrogen-bond donors (Lipinski definition) is 1. The van der Waals surface area contributed by atoms with Crippen LogP contribution in [0.3, 0.4) is 0 Å². The summed E-state index contributed by atoms with van der Waals surface area (Å²) in [5.74, 6) is -0.327. The summed E-state index contributed by atoms with van der Waals surface area (Å²) < 4.78 is 0.959. The van der Waals surface area contributed by atoms with E-state index in [9.17, 15) is 4.79 Å². The van der Waals surface area contributed by atoms with Crippen LogP contribution in [0.1, 0.15) is 29.8 Å². The summed E-state index contributed by atoms with van der Waals surface area (Å²) in [6.07, 6.45) is 0. The Morgan fingerprint density at radius 1 is 1.43 bits per heavy atom. The van der Waals surface area contributed by atoms with Crippen molar-refractivity contribution in [2.45, 2.75) is 19.4 Å². The molecular weight excluding hydrogens is 246 g/mol. The normalized spacial score (nSPS) is 18.6. The zero-order valence-corrected chi connectivity index (χ0v) is 9.51. The van der Waals surface area contributed by atoms with Crippen molar-refractivity contribution in [3.8, 4) is 0 Å². The molecule has 3 nitrogen and oxygen atoms in total. The fourth-order valence-corrected chi connectivity index (χ4v) is 1.86. The summed E-state index contributed by atoms with van der Waals surface area (Å²) in [7, 11) is 0. The minimum atomic E-state index is -0.340. The average Bonchev–Trinajstić information content (AvgIpc) is 2.12. The first-order chi connectivity index (χ1) is 6.50. The van der Waals surface area contributed by atoms with Crippen molar-refractivity contribution in [1.82, 2.24) is 5.48 Å². The van der Waals surface area contributed by atoms with Gasteiger partial charge in [-0.2, -0.15) is 0 Å². The molecule has 0 atom stereocenters. The van der Waals surface area contributed by atoms with E-state index in [0.717, 1.165) is 10.0 Å². The number of rotatable bonds is 0. The quantitative estimate of drug-likeness (QED) is 0.774. The molecule has 0 unspecified atom stereocenters. The Hall–Kier alpha value is -0.870. The summed E-state index contributed by atoms with van der Waals surface area (Å²) in [5.41, 5.74) is 3.95. The first-order valence-electron chi connectivity index (χ1n) is 4.29. The molecule has 4 heteroatoms. The van der Waals surface area contributed by atoms with Crippen LogP contribution in [0.4, 0.5) is 0 Å². The van der Waals surface area contributed by atoms with Crippen LogP contribution in [-0.2, 0) is 10.4 Å². The van der Waals surface area contributed by atoms with Crippen molar-refractivity contribution in [3.05, 3.63) is 33.8 Å². The second kappa shape index (κ2) is 3.07. The third-order valence-corrected chi connectivity index (χ3v) is 2.77. The molecule has 0 amide bonds. The highest BCUT2D eigenvalue weighted by Crippen LogP contribution is 2.30. The van der Waals surface area contributed by atoms with Crippen molar-refractivity contribution in [3.63, 3.8) is 0 Å². The van der Waals surface area contributed by atoms with Crippen LogP contribution in [0.5, 0.6) is 0 Å². The van der Waals surface area contributed by atoms with E-state index < -0.39 is 0 Å². The predicted octanol–water partition coefficient (Wildman–Crippen LogP) is 2.36. The lowest BCUT2D eigenvalue weighted by molar-refractivity contribution is -0.00804. The molecule has 0 aromatic heterocycles. The lowest BCUT2D eigenvalue weighted by Crippen LogP contribution is -2.43. The molecule has 0 fully saturated rings. The third-order valence-electron chi connectivity index (χ3n) is 2.27. The topological polar surface area (TPSA) is 38.3 Å². The van der Waals surface area contributed by atoms with E-state index in [0.29, 0.717) is 5.56 Å². The number of hydroxylamine groups is 1. The second-order valence-electron chi connectivity index (χ2n) is 3.81. The monoisotopic (exact) mass is 255 g/mol. The zero-order valence-electron chi connectivity index (χ0n) is 7.93. The fraction of sp³-hybridized carbons (Fsp3) is 0.300. The molecular formula is C10H10BrNO2. The largest absolute Gasteiger partial charge is 0.366 e. The molecule has 1 aromatic rings. The molecule has 74 valence electrons. The number of nitrogens with one attached hydrogen (secondary N) is 1. The molecule has 1 heterocycles. The maximum atomic E-state index is 11.4. The number of hydrogen-bond acceptors (Lipinski definition) is 3. The number of fused-ring (bicyclic) bond motifs is 1. The number of carbonyl (C=O) groups is 1. The SMILES string of the molecule is CC1(C)NOC(=O)c2ccc(Br)cc21. The van der Waals surface area contributed by atoms with Crippen molar-refractivity contribution in [2.75, 3.05) is 0 Å². The molecule has 0 saturated heterocycles. The van der Waals surface area contributed by atoms with Crippen LogP contribution >= 0.6 is 15.9 Å². The number of halogens is 1. The van der Waals surface area contributed by atoms with E-state index >= 15 is 0 Å². The Kier molecular flexibility index (Phi) is 2.12. The van der Waals surface area contributed by atoms with E-state index in [-0.39, 0.29) is 11.5 Å². The number of benzene rings is 1. The molecule has 2 rings (SSSR count). The van der Waals surface area contributed by atoms with Gasteiger partial charge in [0.25, 0.3) is 0 Å². The third kappa shape index (κ3) is 1.44. The average molecular weight is 256 g/mol. The van der Waals surface area contributed by atoms with Gasteiger partial charge in [-0.15, -0.1) is 5.48 Å². The maximum Gasteiger partial charge on any atom is 0.357 e. The Morgan fingerprint density at radius 3 is 2.86 bits per heavy atom. The smallest absolute Gasteiger partial charge is 0.357 e. The molecule has 0 spiro atoms. The number of carbonyl (C=O) groups excluding carboxylic acids is 1. The zero-order chi connectivity index (χ0) is 10.3. The van der Waals surface area contributed by atoms with Gasteiger partial charge in [0.1, 0.15) is 0 Å². The fourth-order valence-electron chi connectivity index (χ4n) is 1.50. The van der Waals surface area contributed by atoms with Gasteiger partial charge in [0.15, 0.2) is 0 Å². The van der Waals surface area contributed by atoms with Gasteiger partial charge in [-0.3, -0.25) is 0 Å². The molecule has 1 aromatic carbocycles. The van der Waals surface area contributed by atoms with Crippen LogP contribution < -0.4 is 5.48 Å². The predicted molar refractivity (Wildman–Crippen MR) is 55.7 cm³/mol. The van der Waals surface area contributed by atoms with Crippen LogP contribution in [0, 0.1) is 0 Å². The van der Waals surface area contributed by atoms with Gasteiger partial charge >= 0.3 is 5.97 Å². The summed E-state index contributed by atoms with van der Waals surface area (Å²) in [4.78, 5) is 16.2. The van der Waals surface area contributed by atoms with Crippen molar-refractivity contribution < 1.29 is 9.63 Å². The molecule has 0 bridgehead atoms. The minimum absolute atomic E-state index is 0.327. The standard InChI is InChI=1S/C10H10BrNO2/c1-10(2)8-5-6(11)3-4-7(8)9(13)14-12-10/h3-5,12H,1-2H3. The second-order valence-corrected chi connectivity index (χ2v) is 4.72. The van der Waals surface area contributed by atoms with Crippen LogP contribution in [0.25, 0.3) is 0 Å². The minimum Gasteiger partial charge on any atom is -0.366 e. The lowest BCUT2D eigenvalue weighted by Gasteiger charge is -2.31. The van der Waals surface area contributed by atoms with Crippen LogP contribution in [-0.4, -0.2) is 5.97 Å². The highest BCUT2D eigenvalue weighted by molar-refractivity contribution is 9.10. The van der Waals surface area contributed by atoms with Gasteiger partial charge in [-0.1, -0.05) is 15.9 Å². The Morgan fingerprint density at radius 2 is 2.14 bits per heavy atom. The van der Waals surface area contributed by atoms with Gasteiger partial charge in [0.2, 0.25) is 0 Å². The van der Waals surface area contributed by atoms with Gasteiger partial charge in [0, 0.05) is 4.47 Å². The first kappa shape index (κ1) is 9.68. The van der Waals surface area contributed by atoms with Gasteiger partial charge in [0.05, 0.1) is 11.1 Å². The molecule has 0 aliphatic carbocycles. The van der Waals surface area contributed by atoms with Crippen molar-refractivity contribution in [1.29, 1.82) is 0 Å². The van der Waals surface area contributed by atoms with E-state index in [1.54, 1.807) is 6.07 Å². The summed E-state index contributed by atoms with van der Waals surface area (Å²) in [6, 6.07) is 5.54. The van der Waals surface area contributed by atoms with Gasteiger partial charge in [-0.05, 0) is 37.6 Å². The summed E-state index contributed by atoms with van der Waals surface area (Å²) in [5, 5.41) is 0. The van der Waals surface area contributed by atoms with Crippen molar-refractivity contribution in [2.24, 2.45) is 0 Å². The highest BCUT2D eigenvalue weighted by atomic mass is 79.9. The molecule has 1 aliphatic heterocycles. The summed E-state index contributed by atoms with van der Waals surface area (Å²) in [6.45, 7) is 3.93. The Labute approximate surface area is 90.5 Å². The maximum absolute atomic E-state index is 11.4. The van der Waals surface area contributed by atoms with Gasteiger partial charge < -0.3 is 4.84 Å². The summed E-state index contributed by atoms with van der Waals surface area (Å²) >= 11 is 3.38. The lowest BCUT2D eigenvalue weighted by atomic mass is 9.90. The Bertz CT molecular complexity index is 401. The molecule has 1 aliphatic rings. The van der Waals surface area contributed by atoms with Crippen LogP contribution in [0.2, 0.25) is 0 Å². The van der Waals surface area contributed by atoms with Crippen molar-refractivity contribution >= 4 is 21.9 Å². The van der Waals surface area contributed by atoms with E-state index in [1.165, 1.54) is 0 Å². The van der Waals surface area contributed by atoms with E-state index in [2.05, 4.69) is 21.4 Å². The van der Waals surface area contributed by atoms with E-state index in [1.807, 2.05) is 26.0 Å². The van der Waals surface area contributed by atoms with Gasteiger partial charge in [-0.25, -0.2) is 4.79 Å². The molecule has 0 saturated carbocycles. The Balaban J connectivity index is 2.64. The molecule has 14 heavy (non-hydrogen) atoms. The highest BCUT2D eigenvalue weighted by Gasteiger charge is 2.32. The molecule has 0 radical (unpaired) electrons. The van der Waals surface area contributed by atoms with Crippen LogP contribution in [0.15, 0.2) is 22.7 Å². The first-order valence-corrected chi connectivity index (χ1v) is 5.08. The molecule has 1 N–H and O–H groups in total.